The molecule has 0 radical (unpaired) electrons. The van der Waals surface area contributed by atoms with Crippen molar-refractivity contribution in [1.29, 1.82) is 0 Å². The third-order valence-corrected chi connectivity index (χ3v) is 4.98. The Kier molecular flexibility index (Phi) is 6.01. The minimum Gasteiger partial charge on any atom is -0.496 e. The molecule has 1 atom stereocenters. The Morgan fingerprint density at radius 1 is 1.15 bits per heavy atom. The van der Waals surface area contributed by atoms with E-state index >= 15 is 0 Å². The number of aromatic nitrogens is 2. The van der Waals surface area contributed by atoms with Gasteiger partial charge >= 0.3 is 0 Å². The van der Waals surface area contributed by atoms with Crippen LogP contribution in [0, 0.1) is 0 Å². The lowest BCUT2D eigenvalue weighted by Gasteiger charge is -2.30. The average Bonchev–Trinajstić information content (AvgIpc) is 3.21. The van der Waals surface area contributed by atoms with Gasteiger partial charge in [-0.15, -0.1) is 0 Å². The maximum atomic E-state index is 5.59. The first-order valence-corrected chi connectivity index (χ1v) is 9.17. The number of rotatable bonds is 7. The summed E-state index contributed by atoms with van der Waals surface area (Å²) >= 11 is 0. The molecule has 7 nitrogen and oxygen atoms in total. The number of nitrogens with zero attached hydrogens (tertiary/aromatic N) is 3. The van der Waals surface area contributed by atoms with E-state index in [1.165, 1.54) is 5.57 Å². The van der Waals surface area contributed by atoms with Crippen LogP contribution in [0.2, 0.25) is 0 Å². The van der Waals surface area contributed by atoms with Crippen LogP contribution in [0.25, 0.3) is 5.57 Å². The molecule has 1 aliphatic rings. The predicted octanol–water partition coefficient (Wildman–Crippen LogP) is 3.51. The van der Waals surface area contributed by atoms with Crippen LogP contribution in [-0.2, 0) is 6.42 Å². The first-order chi connectivity index (χ1) is 13.1. The molecule has 27 heavy (non-hydrogen) atoms. The molecule has 0 fully saturated rings. The van der Waals surface area contributed by atoms with Crippen molar-refractivity contribution in [2.45, 2.75) is 32.7 Å². The molecule has 146 valence electrons. The van der Waals surface area contributed by atoms with Gasteiger partial charge in [0.2, 0.25) is 5.89 Å². The van der Waals surface area contributed by atoms with Crippen LogP contribution in [0.5, 0.6) is 17.2 Å². The molecule has 0 amide bonds. The van der Waals surface area contributed by atoms with Gasteiger partial charge in [-0.1, -0.05) is 18.2 Å². The van der Waals surface area contributed by atoms with E-state index in [0.29, 0.717) is 11.6 Å². The smallest absolute Gasteiger partial charge is 0.243 e. The summed E-state index contributed by atoms with van der Waals surface area (Å²) in [7, 11) is 4.96. The molecule has 3 rings (SSSR count). The van der Waals surface area contributed by atoms with E-state index in [4.69, 9.17) is 18.7 Å². The highest BCUT2D eigenvalue weighted by molar-refractivity contribution is 5.77. The predicted molar refractivity (Wildman–Crippen MR) is 102 cm³/mol. The van der Waals surface area contributed by atoms with Crippen LogP contribution in [-0.4, -0.2) is 49.5 Å². The second-order valence-corrected chi connectivity index (χ2v) is 6.46. The van der Waals surface area contributed by atoms with Crippen molar-refractivity contribution in [3.63, 3.8) is 0 Å². The zero-order chi connectivity index (χ0) is 19.4. The summed E-state index contributed by atoms with van der Waals surface area (Å²) in [5, 5.41) is 4.00. The van der Waals surface area contributed by atoms with Crippen LogP contribution < -0.4 is 14.2 Å². The number of hydrogen-bond acceptors (Lipinski definition) is 7. The molecular weight excluding hydrogens is 346 g/mol. The molecule has 1 aromatic carbocycles. The van der Waals surface area contributed by atoms with Crippen LogP contribution in [0.4, 0.5) is 0 Å². The molecule has 0 bridgehead atoms. The van der Waals surface area contributed by atoms with E-state index in [1.807, 2.05) is 19.1 Å². The largest absolute Gasteiger partial charge is 0.496 e. The van der Waals surface area contributed by atoms with E-state index in [-0.39, 0.29) is 6.04 Å². The number of aryl methyl sites for hydroxylation is 1. The Morgan fingerprint density at radius 2 is 1.85 bits per heavy atom. The highest BCUT2D eigenvalue weighted by Gasteiger charge is 2.26. The average molecular weight is 373 g/mol. The number of benzene rings is 1. The summed E-state index contributed by atoms with van der Waals surface area (Å²) in [4.78, 5) is 6.78. The minimum atomic E-state index is 0.0789. The lowest BCUT2D eigenvalue weighted by atomic mass is 9.96. The molecule has 0 aliphatic carbocycles. The highest BCUT2D eigenvalue weighted by Crippen LogP contribution is 2.41. The van der Waals surface area contributed by atoms with Crippen LogP contribution >= 0.6 is 0 Å². The van der Waals surface area contributed by atoms with Crippen molar-refractivity contribution in [2.75, 3.05) is 34.4 Å². The Morgan fingerprint density at radius 3 is 2.33 bits per heavy atom. The molecule has 0 unspecified atom stereocenters. The minimum absolute atomic E-state index is 0.0789. The van der Waals surface area contributed by atoms with Crippen molar-refractivity contribution < 1.29 is 18.7 Å². The normalized spacial score (nSPS) is 16.0. The van der Waals surface area contributed by atoms with Gasteiger partial charge in [-0.2, -0.15) is 4.98 Å². The van der Waals surface area contributed by atoms with Gasteiger partial charge < -0.3 is 18.7 Å². The summed E-state index contributed by atoms with van der Waals surface area (Å²) in [6.07, 6.45) is 3.86. The van der Waals surface area contributed by atoms with E-state index in [1.54, 1.807) is 21.3 Å². The van der Waals surface area contributed by atoms with Crippen LogP contribution in [0.15, 0.2) is 22.7 Å². The Balaban J connectivity index is 1.82. The topological polar surface area (TPSA) is 69.9 Å². The molecular formula is C20H27N3O4. The van der Waals surface area contributed by atoms with Gasteiger partial charge in [-0.25, -0.2) is 0 Å². The third-order valence-electron chi connectivity index (χ3n) is 4.98. The zero-order valence-electron chi connectivity index (χ0n) is 16.6. The molecule has 2 heterocycles. The summed E-state index contributed by atoms with van der Waals surface area (Å²) in [6.45, 7) is 5.79. The Hall–Kier alpha value is -2.54. The summed E-state index contributed by atoms with van der Waals surface area (Å²) in [5.41, 5.74) is 2.19. The summed E-state index contributed by atoms with van der Waals surface area (Å²) in [5.74, 6) is 3.63. The lowest BCUT2D eigenvalue weighted by Crippen LogP contribution is -2.31. The van der Waals surface area contributed by atoms with Crippen LogP contribution in [0.1, 0.15) is 43.6 Å². The van der Waals surface area contributed by atoms with Gasteiger partial charge in [0.05, 0.1) is 32.9 Å². The first-order valence-electron chi connectivity index (χ1n) is 9.17. The summed E-state index contributed by atoms with van der Waals surface area (Å²) < 4.78 is 21.9. The fraction of sp³-hybridized carbons (Fsp3) is 0.500. The fourth-order valence-corrected chi connectivity index (χ4v) is 3.32. The maximum absolute atomic E-state index is 5.59. The van der Waals surface area contributed by atoms with Gasteiger partial charge in [0.1, 0.15) is 17.2 Å². The number of hydrogen-bond donors (Lipinski definition) is 0. The second-order valence-electron chi connectivity index (χ2n) is 6.46. The fourth-order valence-electron chi connectivity index (χ4n) is 3.32. The van der Waals surface area contributed by atoms with E-state index in [2.05, 4.69) is 28.0 Å². The van der Waals surface area contributed by atoms with Gasteiger partial charge in [0, 0.05) is 31.6 Å². The standard InChI is InChI=1S/C20H27N3O4/c1-6-18-21-20(27-22-18)13(2)23-9-7-14(8-10-23)19-16(25-4)11-15(24-3)12-17(19)26-5/h7,11-13H,6,8-10H2,1-5H3/t13-/m1/s1. The van der Waals surface area contributed by atoms with Crippen molar-refractivity contribution in [1.82, 2.24) is 15.0 Å². The second kappa shape index (κ2) is 8.43. The van der Waals surface area contributed by atoms with Crippen LogP contribution in [0.3, 0.4) is 0 Å². The zero-order valence-corrected chi connectivity index (χ0v) is 16.6. The van der Waals surface area contributed by atoms with Gasteiger partial charge in [-0.05, 0) is 18.9 Å². The van der Waals surface area contributed by atoms with E-state index < -0.39 is 0 Å². The maximum Gasteiger partial charge on any atom is 0.243 e. The number of ether oxygens (including phenoxy) is 3. The van der Waals surface area contributed by atoms with Crippen molar-refractivity contribution in [2.24, 2.45) is 0 Å². The molecule has 1 aromatic heterocycles. The van der Waals surface area contributed by atoms with Gasteiger partial charge in [0.15, 0.2) is 5.82 Å². The van der Waals surface area contributed by atoms with Gasteiger partial charge in [0.25, 0.3) is 0 Å². The van der Waals surface area contributed by atoms with Crippen molar-refractivity contribution >= 4 is 5.57 Å². The lowest BCUT2D eigenvalue weighted by molar-refractivity contribution is 0.189. The quantitative estimate of drug-likeness (QED) is 0.735. The summed E-state index contributed by atoms with van der Waals surface area (Å²) in [6, 6.07) is 3.85. The van der Waals surface area contributed by atoms with Crippen molar-refractivity contribution in [3.8, 4) is 17.2 Å². The molecule has 0 N–H and O–H groups in total. The van der Waals surface area contributed by atoms with Crippen molar-refractivity contribution in [3.05, 3.63) is 35.5 Å². The molecule has 2 aromatic rings. The molecule has 7 heteroatoms. The molecule has 0 saturated heterocycles. The SMILES string of the molecule is CCc1noc([C@@H](C)N2CC=C(c3c(OC)cc(OC)cc3OC)CC2)n1. The first kappa shape index (κ1) is 19.2. The van der Waals surface area contributed by atoms with Gasteiger partial charge in [-0.3, -0.25) is 4.90 Å². The number of methoxy groups -OCH3 is 3. The molecule has 0 saturated carbocycles. The Labute approximate surface area is 159 Å². The Bertz CT molecular complexity index is 790. The highest BCUT2D eigenvalue weighted by atomic mass is 16.5. The molecule has 0 spiro atoms. The molecule has 1 aliphatic heterocycles. The van der Waals surface area contributed by atoms with E-state index in [0.717, 1.165) is 48.8 Å². The monoisotopic (exact) mass is 373 g/mol. The third kappa shape index (κ3) is 3.93. The van der Waals surface area contributed by atoms with E-state index in [9.17, 15) is 0 Å².